The predicted octanol–water partition coefficient (Wildman–Crippen LogP) is 1.11. The number of para-hydroxylation sites is 1. The Hall–Kier alpha value is -1.10. The number of aliphatic hydroxyl groups is 1. The van der Waals surface area contributed by atoms with E-state index in [2.05, 4.69) is 0 Å². The summed E-state index contributed by atoms with van der Waals surface area (Å²) in [4.78, 5) is 9.86. The Morgan fingerprint density at radius 3 is 2.38 bits per heavy atom. The van der Waals surface area contributed by atoms with Gasteiger partial charge >= 0.3 is 0 Å². The van der Waals surface area contributed by atoms with Crippen molar-refractivity contribution in [3.05, 3.63) is 29.8 Å². The van der Waals surface area contributed by atoms with Crippen LogP contribution >= 0.6 is 0 Å². The molecule has 0 spiro atoms. The van der Waals surface area contributed by atoms with E-state index in [0.29, 0.717) is 5.69 Å². The molecular weight excluding hydrogens is 170 g/mol. The highest BCUT2D eigenvalue weighted by Crippen LogP contribution is 2.19. The maximum atomic E-state index is 9.02. The zero-order chi connectivity index (χ0) is 9.68. The minimum Gasteiger partial charge on any atom is -0.392 e. The SMILES string of the molecule is CON(OC)c1ccccc1CO. The fraction of sp³-hybridized carbons (Fsp3) is 0.333. The van der Waals surface area contributed by atoms with Gasteiger partial charge in [-0.3, -0.25) is 9.68 Å². The molecule has 0 radical (unpaired) electrons. The third kappa shape index (κ3) is 2.18. The van der Waals surface area contributed by atoms with Crippen molar-refractivity contribution in [1.82, 2.24) is 0 Å². The van der Waals surface area contributed by atoms with Gasteiger partial charge in [-0.1, -0.05) is 18.2 Å². The van der Waals surface area contributed by atoms with E-state index in [9.17, 15) is 0 Å². The van der Waals surface area contributed by atoms with Crippen molar-refractivity contribution >= 4 is 5.69 Å². The lowest BCUT2D eigenvalue weighted by atomic mass is 10.2. The zero-order valence-electron chi connectivity index (χ0n) is 7.73. The van der Waals surface area contributed by atoms with E-state index in [1.165, 1.54) is 19.4 Å². The first-order valence-corrected chi connectivity index (χ1v) is 3.90. The second kappa shape index (κ2) is 4.81. The Kier molecular flexibility index (Phi) is 3.70. The maximum absolute atomic E-state index is 9.02. The van der Waals surface area contributed by atoms with E-state index < -0.39 is 0 Å². The molecule has 0 aliphatic heterocycles. The normalized spacial score (nSPS) is 10.1. The van der Waals surface area contributed by atoms with Crippen molar-refractivity contribution in [3.8, 4) is 0 Å². The quantitative estimate of drug-likeness (QED) is 0.710. The average molecular weight is 183 g/mol. The first kappa shape index (κ1) is 9.98. The number of benzene rings is 1. The van der Waals surface area contributed by atoms with Crippen LogP contribution in [0.1, 0.15) is 5.56 Å². The third-order valence-corrected chi connectivity index (χ3v) is 1.69. The molecule has 0 fully saturated rings. The van der Waals surface area contributed by atoms with Gasteiger partial charge in [0, 0.05) is 5.56 Å². The van der Waals surface area contributed by atoms with Crippen molar-refractivity contribution in [2.75, 3.05) is 19.4 Å². The van der Waals surface area contributed by atoms with Gasteiger partial charge in [-0.2, -0.15) is 0 Å². The summed E-state index contributed by atoms with van der Waals surface area (Å²) in [6, 6.07) is 7.30. The monoisotopic (exact) mass is 183 g/mol. The summed E-state index contributed by atoms with van der Waals surface area (Å²) in [7, 11) is 3.00. The molecule has 1 aromatic rings. The van der Waals surface area contributed by atoms with Crippen LogP contribution in [0, 0.1) is 0 Å². The predicted molar refractivity (Wildman–Crippen MR) is 48.9 cm³/mol. The van der Waals surface area contributed by atoms with Gasteiger partial charge in [0.2, 0.25) is 0 Å². The Morgan fingerprint density at radius 1 is 1.23 bits per heavy atom. The van der Waals surface area contributed by atoms with E-state index in [-0.39, 0.29) is 6.61 Å². The summed E-state index contributed by atoms with van der Waals surface area (Å²) < 4.78 is 0. The Morgan fingerprint density at radius 2 is 1.85 bits per heavy atom. The van der Waals surface area contributed by atoms with E-state index in [4.69, 9.17) is 14.8 Å². The summed E-state index contributed by atoms with van der Waals surface area (Å²) >= 11 is 0. The van der Waals surface area contributed by atoms with Gasteiger partial charge in [0.05, 0.1) is 20.8 Å². The van der Waals surface area contributed by atoms with Crippen molar-refractivity contribution in [2.45, 2.75) is 6.61 Å². The summed E-state index contributed by atoms with van der Waals surface area (Å²) in [5, 5.41) is 10.3. The van der Waals surface area contributed by atoms with Crippen LogP contribution < -0.4 is 5.23 Å². The molecule has 0 aliphatic rings. The molecule has 0 unspecified atom stereocenters. The van der Waals surface area contributed by atoms with Gasteiger partial charge < -0.3 is 5.11 Å². The largest absolute Gasteiger partial charge is 0.392 e. The van der Waals surface area contributed by atoms with Crippen LogP contribution in [0.25, 0.3) is 0 Å². The van der Waals surface area contributed by atoms with Crippen molar-refractivity contribution in [3.63, 3.8) is 0 Å². The molecule has 4 heteroatoms. The van der Waals surface area contributed by atoms with Gasteiger partial charge in [0.25, 0.3) is 0 Å². The highest BCUT2D eigenvalue weighted by atomic mass is 16.9. The smallest absolute Gasteiger partial charge is 0.100 e. The van der Waals surface area contributed by atoms with Gasteiger partial charge in [-0.25, -0.2) is 0 Å². The van der Waals surface area contributed by atoms with Crippen molar-refractivity contribution in [1.29, 1.82) is 0 Å². The lowest BCUT2D eigenvalue weighted by molar-refractivity contribution is -0.0440. The van der Waals surface area contributed by atoms with Crippen LogP contribution in [0.15, 0.2) is 24.3 Å². The number of aliphatic hydroxyl groups excluding tert-OH is 1. The van der Waals surface area contributed by atoms with Crippen molar-refractivity contribution < 1.29 is 14.8 Å². The zero-order valence-corrected chi connectivity index (χ0v) is 7.73. The minimum absolute atomic E-state index is 0.0423. The van der Waals surface area contributed by atoms with Crippen LogP contribution in [-0.4, -0.2) is 19.3 Å². The van der Waals surface area contributed by atoms with Gasteiger partial charge in [-0.15, -0.1) is 5.23 Å². The van der Waals surface area contributed by atoms with Crippen LogP contribution in [-0.2, 0) is 16.3 Å². The van der Waals surface area contributed by atoms with Gasteiger partial charge in [0.1, 0.15) is 5.69 Å². The molecule has 0 saturated carbocycles. The number of hydrogen-bond donors (Lipinski definition) is 1. The number of anilines is 1. The van der Waals surface area contributed by atoms with Gasteiger partial charge in [0.15, 0.2) is 0 Å². The maximum Gasteiger partial charge on any atom is 0.100 e. The highest BCUT2D eigenvalue weighted by molar-refractivity contribution is 5.49. The van der Waals surface area contributed by atoms with E-state index in [1.54, 1.807) is 12.1 Å². The molecule has 0 amide bonds. The molecule has 0 atom stereocenters. The first-order valence-electron chi connectivity index (χ1n) is 3.90. The minimum atomic E-state index is -0.0423. The number of rotatable bonds is 4. The Bertz CT molecular complexity index is 261. The summed E-state index contributed by atoms with van der Waals surface area (Å²) in [5.74, 6) is 0. The standard InChI is InChI=1S/C9H13NO3/c1-12-10(13-2)9-6-4-3-5-8(9)7-11/h3-6,11H,7H2,1-2H3. The van der Waals surface area contributed by atoms with E-state index in [0.717, 1.165) is 5.56 Å². The molecule has 4 nitrogen and oxygen atoms in total. The number of hydrogen-bond acceptors (Lipinski definition) is 4. The van der Waals surface area contributed by atoms with Gasteiger partial charge in [-0.05, 0) is 6.07 Å². The molecule has 13 heavy (non-hydrogen) atoms. The number of nitrogens with zero attached hydrogens (tertiary/aromatic N) is 1. The third-order valence-electron chi connectivity index (χ3n) is 1.69. The van der Waals surface area contributed by atoms with E-state index >= 15 is 0 Å². The van der Waals surface area contributed by atoms with Crippen LogP contribution in [0.2, 0.25) is 0 Å². The molecule has 0 saturated heterocycles. The molecule has 1 aromatic carbocycles. The van der Waals surface area contributed by atoms with E-state index in [1.807, 2.05) is 12.1 Å². The lowest BCUT2D eigenvalue weighted by Crippen LogP contribution is -2.21. The summed E-state index contributed by atoms with van der Waals surface area (Å²) in [5.41, 5.74) is 1.46. The average Bonchev–Trinajstić information content (AvgIpc) is 2.20. The topological polar surface area (TPSA) is 41.9 Å². The Balaban J connectivity index is 2.96. The first-order chi connectivity index (χ1) is 6.33. The molecule has 1 rings (SSSR count). The highest BCUT2D eigenvalue weighted by Gasteiger charge is 2.08. The summed E-state index contributed by atoms with van der Waals surface area (Å²) in [6.45, 7) is -0.0423. The van der Waals surface area contributed by atoms with Crippen LogP contribution in [0.3, 0.4) is 0 Å². The Labute approximate surface area is 77.2 Å². The lowest BCUT2D eigenvalue weighted by Gasteiger charge is -2.20. The van der Waals surface area contributed by atoms with Crippen LogP contribution in [0.4, 0.5) is 5.69 Å². The molecule has 0 aromatic heterocycles. The molecule has 0 heterocycles. The molecule has 72 valence electrons. The molecule has 0 aliphatic carbocycles. The molecular formula is C9H13NO3. The second-order valence-corrected chi connectivity index (χ2v) is 2.41. The molecule has 1 N–H and O–H groups in total. The summed E-state index contributed by atoms with van der Waals surface area (Å²) in [6.07, 6.45) is 0. The fourth-order valence-electron chi connectivity index (χ4n) is 1.09. The van der Waals surface area contributed by atoms with Crippen molar-refractivity contribution in [2.24, 2.45) is 0 Å². The van der Waals surface area contributed by atoms with Crippen LogP contribution in [0.5, 0.6) is 0 Å². The second-order valence-electron chi connectivity index (χ2n) is 2.41. The fourth-order valence-corrected chi connectivity index (χ4v) is 1.09. The molecule has 0 bridgehead atoms.